The molecule has 1 aliphatic heterocycles. The first-order chi connectivity index (χ1) is 6.77. The van der Waals surface area contributed by atoms with Crippen molar-refractivity contribution in [3.05, 3.63) is 0 Å². The van der Waals surface area contributed by atoms with Crippen molar-refractivity contribution in [1.82, 2.24) is 4.90 Å². The van der Waals surface area contributed by atoms with E-state index in [0.717, 1.165) is 5.92 Å². The van der Waals surface area contributed by atoms with Crippen molar-refractivity contribution in [2.24, 2.45) is 5.92 Å². The van der Waals surface area contributed by atoms with Crippen LogP contribution in [0.15, 0.2) is 0 Å². The lowest BCUT2D eigenvalue weighted by molar-refractivity contribution is 0.110. The van der Waals surface area contributed by atoms with E-state index in [2.05, 4.69) is 18.7 Å². The van der Waals surface area contributed by atoms with E-state index in [4.69, 9.17) is 0 Å². The molecule has 0 amide bonds. The molecule has 84 valence electrons. The molecule has 2 unspecified atom stereocenters. The molecular weight excluding hydrogens is 174 g/mol. The molecule has 1 N–H and O–H groups in total. The highest BCUT2D eigenvalue weighted by atomic mass is 16.3. The highest BCUT2D eigenvalue weighted by Gasteiger charge is 2.20. The van der Waals surface area contributed by atoms with Crippen molar-refractivity contribution in [2.45, 2.75) is 52.0 Å². The minimum atomic E-state index is 0.344. The van der Waals surface area contributed by atoms with Crippen LogP contribution in [0.25, 0.3) is 0 Å². The van der Waals surface area contributed by atoms with Crippen LogP contribution >= 0.6 is 0 Å². The van der Waals surface area contributed by atoms with Crippen LogP contribution in [0.1, 0.15) is 46.0 Å². The molecule has 1 rings (SSSR count). The molecular formula is C12H25NO. The molecule has 2 nitrogen and oxygen atoms in total. The summed E-state index contributed by atoms with van der Waals surface area (Å²) in [6.07, 6.45) is 6.38. The van der Waals surface area contributed by atoms with Gasteiger partial charge >= 0.3 is 0 Å². The average Bonchev–Trinajstić information content (AvgIpc) is 2.42. The number of aliphatic hydroxyl groups excluding tert-OH is 1. The van der Waals surface area contributed by atoms with Crippen molar-refractivity contribution in [3.8, 4) is 0 Å². The number of likely N-dealkylation sites (tertiary alicyclic amines) is 1. The lowest BCUT2D eigenvalue weighted by atomic mass is 10.1. The molecule has 1 saturated heterocycles. The lowest BCUT2D eigenvalue weighted by Gasteiger charge is -2.30. The van der Waals surface area contributed by atoms with Crippen molar-refractivity contribution in [1.29, 1.82) is 0 Å². The molecule has 2 heteroatoms. The summed E-state index contributed by atoms with van der Waals surface area (Å²) in [5.74, 6) is 0.766. The molecule has 1 fully saturated rings. The van der Waals surface area contributed by atoms with E-state index in [1.54, 1.807) is 0 Å². The van der Waals surface area contributed by atoms with Gasteiger partial charge in [-0.2, -0.15) is 0 Å². The predicted octanol–water partition coefficient (Wildman–Crippen LogP) is 2.27. The Morgan fingerprint density at radius 1 is 1.36 bits per heavy atom. The topological polar surface area (TPSA) is 23.5 Å². The Kier molecular flexibility index (Phi) is 5.49. The van der Waals surface area contributed by atoms with Crippen LogP contribution in [0.4, 0.5) is 0 Å². The Balaban J connectivity index is 2.43. The van der Waals surface area contributed by atoms with E-state index in [0.29, 0.717) is 12.6 Å². The number of aliphatic hydroxyl groups is 1. The van der Waals surface area contributed by atoms with Gasteiger partial charge in [0.25, 0.3) is 0 Å². The maximum absolute atomic E-state index is 9.33. The molecule has 0 bridgehead atoms. The summed E-state index contributed by atoms with van der Waals surface area (Å²) < 4.78 is 0. The largest absolute Gasteiger partial charge is 0.395 e. The fourth-order valence-corrected chi connectivity index (χ4v) is 2.21. The third-order valence-corrected chi connectivity index (χ3v) is 3.45. The van der Waals surface area contributed by atoms with E-state index < -0.39 is 0 Å². The quantitative estimate of drug-likeness (QED) is 0.751. The van der Waals surface area contributed by atoms with E-state index in [1.165, 1.54) is 45.2 Å². The van der Waals surface area contributed by atoms with Crippen LogP contribution in [-0.4, -0.2) is 35.7 Å². The van der Waals surface area contributed by atoms with Gasteiger partial charge in [-0.15, -0.1) is 0 Å². The fourth-order valence-electron chi connectivity index (χ4n) is 2.21. The molecule has 2 atom stereocenters. The van der Waals surface area contributed by atoms with E-state index in [-0.39, 0.29) is 0 Å². The second-order valence-corrected chi connectivity index (χ2v) is 4.69. The number of nitrogens with zero attached hydrogens (tertiary/aromatic N) is 1. The summed E-state index contributed by atoms with van der Waals surface area (Å²) in [6, 6.07) is 0.437. The Hall–Kier alpha value is -0.0800. The standard InChI is InChI=1S/C12H25NO/c1-3-11(2)9-13-8-6-4-5-7-12(13)10-14/h11-12,14H,3-10H2,1-2H3. The molecule has 0 aliphatic carbocycles. The first-order valence-corrected chi connectivity index (χ1v) is 6.12. The van der Waals surface area contributed by atoms with Crippen molar-refractivity contribution in [3.63, 3.8) is 0 Å². The van der Waals surface area contributed by atoms with Gasteiger partial charge < -0.3 is 5.11 Å². The van der Waals surface area contributed by atoms with Crippen LogP contribution < -0.4 is 0 Å². The third-order valence-electron chi connectivity index (χ3n) is 3.45. The summed E-state index contributed by atoms with van der Waals surface area (Å²) >= 11 is 0. The SMILES string of the molecule is CCC(C)CN1CCCCCC1CO. The van der Waals surface area contributed by atoms with E-state index >= 15 is 0 Å². The number of hydrogen-bond donors (Lipinski definition) is 1. The monoisotopic (exact) mass is 199 g/mol. The van der Waals surface area contributed by atoms with E-state index in [9.17, 15) is 5.11 Å². The molecule has 0 saturated carbocycles. The van der Waals surface area contributed by atoms with Crippen LogP contribution in [0.5, 0.6) is 0 Å². The van der Waals surface area contributed by atoms with Crippen LogP contribution in [0.3, 0.4) is 0 Å². The molecule has 0 aromatic rings. The minimum absolute atomic E-state index is 0.344. The Morgan fingerprint density at radius 2 is 2.14 bits per heavy atom. The van der Waals surface area contributed by atoms with Crippen LogP contribution in [-0.2, 0) is 0 Å². The van der Waals surface area contributed by atoms with Gasteiger partial charge in [0.1, 0.15) is 0 Å². The highest BCUT2D eigenvalue weighted by molar-refractivity contribution is 4.75. The molecule has 0 radical (unpaired) electrons. The van der Waals surface area contributed by atoms with E-state index in [1.807, 2.05) is 0 Å². The van der Waals surface area contributed by atoms with Gasteiger partial charge in [-0.3, -0.25) is 4.90 Å². The van der Waals surface area contributed by atoms with Gasteiger partial charge in [0.05, 0.1) is 6.61 Å². The Labute approximate surface area is 88.3 Å². The van der Waals surface area contributed by atoms with Crippen molar-refractivity contribution >= 4 is 0 Å². The summed E-state index contributed by atoms with van der Waals surface area (Å²) in [7, 11) is 0. The van der Waals surface area contributed by atoms with Gasteiger partial charge in [-0.1, -0.05) is 33.1 Å². The predicted molar refractivity (Wildman–Crippen MR) is 60.4 cm³/mol. The molecule has 1 aliphatic rings. The van der Waals surface area contributed by atoms with Gasteiger partial charge in [0.15, 0.2) is 0 Å². The smallest absolute Gasteiger partial charge is 0.0586 e. The fraction of sp³-hybridized carbons (Fsp3) is 1.00. The molecule has 14 heavy (non-hydrogen) atoms. The minimum Gasteiger partial charge on any atom is -0.395 e. The summed E-state index contributed by atoms with van der Waals surface area (Å²) in [4.78, 5) is 2.50. The second-order valence-electron chi connectivity index (χ2n) is 4.69. The average molecular weight is 199 g/mol. The number of hydrogen-bond acceptors (Lipinski definition) is 2. The number of rotatable bonds is 4. The van der Waals surface area contributed by atoms with Crippen LogP contribution in [0.2, 0.25) is 0 Å². The highest BCUT2D eigenvalue weighted by Crippen LogP contribution is 2.18. The molecule has 1 heterocycles. The molecule has 0 aromatic heterocycles. The second kappa shape index (κ2) is 6.41. The summed E-state index contributed by atoms with van der Waals surface area (Å²) in [5.41, 5.74) is 0. The first-order valence-electron chi connectivity index (χ1n) is 6.12. The summed E-state index contributed by atoms with van der Waals surface area (Å²) in [6.45, 7) is 7.25. The zero-order valence-electron chi connectivity index (χ0n) is 9.71. The Bertz CT molecular complexity index is 149. The zero-order chi connectivity index (χ0) is 10.4. The van der Waals surface area contributed by atoms with Gasteiger partial charge in [0, 0.05) is 12.6 Å². The van der Waals surface area contributed by atoms with Crippen molar-refractivity contribution < 1.29 is 5.11 Å². The lowest BCUT2D eigenvalue weighted by Crippen LogP contribution is -2.40. The maximum atomic E-state index is 9.33. The molecule has 0 spiro atoms. The normalized spacial score (nSPS) is 27.2. The molecule has 0 aromatic carbocycles. The van der Waals surface area contributed by atoms with Crippen molar-refractivity contribution in [2.75, 3.05) is 19.7 Å². The Morgan fingerprint density at radius 3 is 2.79 bits per heavy atom. The van der Waals surface area contributed by atoms with Gasteiger partial charge in [0.2, 0.25) is 0 Å². The summed E-state index contributed by atoms with van der Waals surface area (Å²) in [5, 5.41) is 9.33. The van der Waals surface area contributed by atoms with Gasteiger partial charge in [-0.05, 0) is 25.3 Å². The van der Waals surface area contributed by atoms with Gasteiger partial charge in [-0.25, -0.2) is 0 Å². The maximum Gasteiger partial charge on any atom is 0.0586 e. The zero-order valence-corrected chi connectivity index (χ0v) is 9.71. The first kappa shape index (κ1) is 12.0. The third kappa shape index (κ3) is 3.58. The van der Waals surface area contributed by atoms with Crippen LogP contribution in [0, 0.1) is 5.92 Å².